The number of H-pyrrole nitrogens is 1. The highest BCUT2D eigenvalue weighted by Gasteiger charge is 2.41. The van der Waals surface area contributed by atoms with Crippen molar-refractivity contribution in [1.82, 2.24) is 41.8 Å². The highest BCUT2D eigenvalue weighted by molar-refractivity contribution is 7.80. The predicted octanol–water partition coefficient (Wildman–Crippen LogP) is -0.922. The summed E-state index contributed by atoms with van der Waals surface area (Å²) >= 11 is 7.97. The first-order valence-corrected chi connectivity index (χ1v) is 21.5. The first-order valence-electron chi connectivity index (χ1n) is 20.3. The lowest BCUT2D eigenvalue weighted by Crippen LogP contribution is -2.60. The molecule has 1 fully saturated rings. The Morgan fingerprint density at radius 1 is 0.774 bits per heavy atom. The van der Waals surface area contributed by atoms with Gasteiger partial charge >= 0.3 is 11.9 Å². The van der Waals surface area contributed by atoms with Gasteiger partial charge in [-0.15, -0.1) is 0 Å². The Balaban J connectivity index is 1.85. The van der Waals surface area contributed by atoms with Crippen LogP contribution in [0.2, 0.25) is 0 Å². The number of para-hydroxylation sites is 1. The molecule has 0 unspecified atom stereocenters. The fourth-order valence-corrected chi connectivity index (χ4v) is 7.27. The Labute approximate surface area is 370 Å². The van der Waals surface area contributed by atoms with Crippen molar-refractivity contribution in [3.8, 4) is 0 Å². The number of aromatic amines is 1. The molecule has 1 aliphatic heterocycles. The molecule has 1 saturated heterocycles. The summed E-state index contributed by atoms with van der Waals surface area (Å²) in [5.74, 6) is -9.05. The Hall–Kier alpha value is -5.35. The second-order valence-electron chi connectivity index (χ2n) is 16.0. The van der Waals surface area contributed by atoms with Crippen molar-refractivity contribution < 1.29 is 53.4 Å². The number of amides is 7. The van der Waals surface area contributed by atoms with Gasteiger partial charge in [0.25, 0.3) is 0 Å². The number of likely N-dealkylation sites (tertiary alicyclic amines) is 1. The summed E-state index contributed by atoms with van der Waals surface area (Å²) in [5, 5.41) is 35.2. The largest absolute Gasteiger partial charge is 0.481 e. The number of benzene rings is 1. The van der Waals surface area contributed by atoms with Crippen molar-refractivity contribution >= 4 is 89.4 Å². The van der Waals surface area contributed by atoms with E-state index in [4.69, 9.17) is 5.73 Å². The molecule has 8 atom stereocenters. The van der Waals surface area contributed by atoms with Crippen LogP contribution in [0.3, 0.4) is 0 Å². The fraction of sp³-hybridized carbons (Fsp3) is 0.575. The zero-order valence-electron chi connectivity index (χ0n) is 35.3. The van der Waals surface area contributed by atoms with Gasteiger partial charge in [0.05, 0.1) is 12.5 Å². The summed E-state index contributed by atoms with van der Waals surface area (Å²) in [6.07, 6.45) is 1.22. The Kier molecular flexibility index (Phi) is 19.5. The number of carboxylic acids is 2. The molecule has 0 aliphatic carbocycles. The number of hydrogen-bond acceptors (Lipinski definition) is 12. The van der Waals surface area contributed by atoms with E-state index in [1.54, 1.807) is 58.2 Å². The Morgan fingerprint density at radius 2 is 1.40 bits per heavy atom. The fourth-order valence-electron chi connectivity index (χ4n) is 6.85. The van der Waals surface area contributed by atoms with Gasteiger partial charge in [-0.3, -0.25) is 38.4 Å². The molecule has 7 amide bonds. The molecule has 0 spiro atoms. The van der Waals surface area contributed by atoms with Crippen LogP contribution in [0.4, 0.5) is 0 Å². The number of carbonyl (C=O) groups is 9. The van der Waals surface area contributed by atoms with E-state index < -0.39 is 114 Å². The number of nitrogens with two attached hydrogens (primary N) is 1. The van der Waals surface area contributed by atoms with Crippen LogP contribution in [0.25, 0.3) is 10.9 Å². The van der Waals surface area contributed by atoms with Crippen LogP contribution >= 0.6 is 25.3 Å². The molecule has 11 N–H and O–H groups in total. The van der Waals surface area contributed by atoms with Crippen molar-refractivity contribution in [2.45, 2.75) is 115 Å². The standard InChI is InChI=1S/C40H59N9O11S2/c1-19(2)13-26(36(55)48-32(20(3)4)38(57)47-29(18-62)40(59)60)45-37(56)30-11-8-12-49(30)39(58)28(15-31(50)51)46-35(54)27(14-22-16-42-25-10-7-6-9-23(22)25)44-33(52)21(5)43-34(53)24(41)17-61/h6-7,9-10,16,19-21,24,26-30,32,42,61-62H,8,11-15,17-18,41H2,1-5H3,(H,43,53)(H,44,52)(H,45,56)(H,46,54)(H,47,57)(H,48,55)(H,50,51)(H,59,60)/t21-,24-,26-,27-,28-,29-,30-,32-/m0/s1. The second-order valence-corrected chi connectivity index (χ2v) is 16.7. The molecule has 0 bridgehead atoms. The number of rotatable bonds is 23. The van der Waals surface area contributed by atoms with Crippen molar-refractivity contribution in [3.63, 3.8) is 0 Å². The third kappa shape index (κ3) is 14.4. The molecule has 3 rings (SSSR count). The topological polar surface area (TPSA) is 311 Å². The molecular formula is C40H59N9O11S2. The number of carboxylic acid groups (broad SMARTS) is 2. The average molecular weight is 906 g/mol. The highest BCUT2D eigenvalue weighted by Crippen LogP contribution is 2.22. The molecule has 22 heteroatoms. The third-order valence-corrected chi connectivity index (χ3v) is 11.0. The van der Waals surface area contributed by atoms with Crippen molar-refractivity contribution in [2.24, 2.45) is 17.6 Å². The summed E-state index contributed by atoms with van der Waals surface area (Å²) in [6.45, 7) is 8.29. The molecule has 1 aromatic heterocycles. The van der Waals surface area contributed by atoms with Crippen LogP contribution in [0.1, 0.15) is 65.9 Å². The Bertz CT molecular complexity index is 1960. The average Bonchev–Trinajstić information content (AvgIpc) is 3.87. The van der Waals surface area contributed by atoms with Gasteiger partial charge < -0.3 is 57.7 Å². The van der Waals surface area contributed by atoms with Crippen LogP contribution in [0, 0.1) is 11.8 Å². The van der Waals surface area contributed by atoms with Gasteiger partial charge in [0, 0.05) is 41.6 Å². The lowest BCUT2D eigenvalue weighted by molar-refractivity contribution is -0.146. The van der Waals surface area contributed by atoms with Crippen molar-refractivity contribution in [2.75, 3.05) is 18.1 Å². The van der Waals surface area contributed by atoms with Gasteiger partial charge in [-0.1, -0.05) is 45.9 Å². The number of thiol groups is 2. The van der Waals surface area contributed by atoms with Crippen LogP contribution in [0.5, 0.6) is 0 Å². The SMILES string of the molecule is CC(C)C[C@H](NC(=O)[C@@H]1CCCN1C(=O)[C@H](CC(=O)O)NC(=O)[C@H](Cc1c[nH]c2ccccc12)NC(=O)[C@H](C)NC(=O)[C@@H](N)CS)C(=O)N[C@H](C(=O)N[C@@H](CS)C(=O)O)C(C)C. The number of nitrogens with one attached hydrogen (secondary N) is 7. The maximum Gasteiger partial charge on any atom is 0.327 e. The second kappa shape index (κ2) is 23.8. The molecule has 2 aromatic rings. The lowest BCUT2D eigenvalue weighted by atomic mass is 9.99. The van der Waals surface area contributed by atoms with Crippen molar-refractivity contribution in [3.05, 3.63) is 36.0 Å². The summed E-state index contributed by atoms with van der Waals surface area (Å²) in [6, 6.07) is -2.94. The van der Waals surface area contributed by atoms with Gasteiger partial charge in [-0.25, -0.2) is 4.79 Å². The summed E-state index contributed by atoms with van der Waals surface area (Å²) in [5.41, 5.74) is 7.08. The van der Waals surface area contributed by atoms with Gasteiger partial charge in [0.1, 0.15) is 42.3 Å². The number of carbonyl (C=O) groups excluding carboxylic acids is 7. The number of aromatic nitrogens is 1. The highest BCUT2D eigenvalue weighted by atomic mass is 32.1. The zero-order chi connectivity index (χ0) is 46.4. The first kappa shape index (κ1) is 51.0. The summed E-state index contributed by atoms with van der Waals surface area (Å²) in [7, 11) is 0. The summed E-state index contributed by atoms with van der Waals surface area (Å²) < 4.78 is 0. The monoisotopic (exact) mass is 905 g/mol. The third-order valence-electron chi connectivity index (χ3n) is 10.2. The summed E-state index contributed by atoms with van der Waals surface area (Å²) in [4.78, 5) is 123. The maximum atomic E-state index is 14.2. The zero-order valence-corrected chi connectivity index (χ0v) is 37.1. The quantitative estimate of drug-likeness (QED) is 0.0603. The van der Waals surface area contributed by atoms with E-state index in [1.807, 2.05) is 0 Å². The molecular weight excluding hydrogens is 847 g/mol. The van der Waals surface area contributed by atoms with Crippen LogP contribution < -0.4 is 37.6 Å². The van der Waals surface area contributed by atoms with Gasteiger partial charge in [0.2, 0.25) is 41.4 Å². The van der Waals surface area contributed by atoms with E-state index in [-0.39, 0.29) is 43.2 Å². The van der Waals surface area contributed by atoms with Crippen LogP contribution in [-0.2, 0) is 49.6 Å². The van der Waals surface area contributed by atoms with Crippen LogP contribution in [0.15, 0.2) is 30.5 Å². The molecule has 0 saturated carbocycles. The Morgan fingerprint density at radius 3 is 2.00 bits per heavy atom. The minimum Gasteiger partial charge on any atom is -0.481 e. The van der Waals surface area contributed by atoms with Gasteiger partial charge in [0.15, 0.2) is 0 Å². The lowest BCUT2D eigenvalue weighted by Gasteiger charge is -2.31. The van der Waals surface area contributed by atoms with Gasteiger partial charge in [-0.05, 0) is 49.7 Å². The van der Waals surface area contributed by atoms with Crippen molar-refractivity contribution in [1.29, 1.82) is 0 Å². The van der Waals surface area contributed by atoms with E-state index in [0.29, 0.717) is 12.0 Å². The number of nitrogens with zero attached hydrogens (tertiary/aromatic N) is 1. The molecule has 1 aliphatic rings. The molecule has 342 valence electrons. The molecule has 62 heavy (non-hydrogen) atoms. The van der Waals surface area contributed by atoms with Crippen LogP contribution in [-0.4, -0.2) is 140 Å². The molecule has 0 radical (unpaired) electrons. The minimum atomic E-state index is -1.70. The number of hydrogen-bond donors (Lipinski definition) is 12. The number of fused-ring (bicyclic) bond motifs is 1. The predicted molar refractivity (Wildman–Crippen MR) is 234 cm³/mol. The molecule has 2 heterocycles. The molecule has 20 nitrogen and oxygen atoms in total. The van der Waals surface area contributed by atoms with Gasteiger partial charge in [-0.2, -0.15) is 25.3 Å². The first-order chi connectivity index (χ1) is 29.2. The minimum absolute atomic E-state index is 0.00603. The smallest absolute Gasteiger partial charge is 0.327 e. The maximum absolute atomic E-state index is 14.2. The van der Waals surface area contributed by atoms with E-state index in [2.05, 4.69) is 62.1 Å². The van der Waals surface area contributed by atoms with E-state index in [0.717, 1.165) is 15.8 Å². The normalized spacial score (nSPS) is 17.2. The molecule has 1 aromatic carbocycles. The van der Waals surface area contributed by atoms with E-state index >= 15 is 0 Å². The van der Waals surface area contributed by atoms with E-state index in [1.165, 1.54) is 6.92 Å². The van der Waals surface area contributed by atoms with E-state index in [9.17, 15) is 53.4 Å². The number of aliphatic carboxylic acids is 2.